The molecule has 9 nitrogen and oxygen atoms in total. The normalized spacial score (nSPS) is 11.5. The minimum Gasteiger partial charge on any atom is -0.477 e. The molecular formula is C3H5N5O4. The van der Waals surface area contributed by atoms with E-state index in [1.54, 1.807) is 0 Å². The first-order valence-electron chi connectivity index (χ1n) is 2.53. The Labute approximate surface area is 65.7 Å². The molecule has 0 fully saturated rings. The quantitative estimate of drug-likeness (QED) is 0.199. The van der Waals surface area contributed by atoms with Gasteiger partial charge < -0.3 is 10.8 Å². The van der Waals surface area contributed by atoms with Crippen LogP contribution in [0.5, 0.6) is 0 Å². The van der Waals surface area contributed by atoms with E-state index in [0.29, 0.717) is 6.21 Å². The van der Waals surface area contributed by atoms with Gasteiger partial charge in [0, 0.05) is 0 Å². The molecule has 0 bridgehead atoms. The van der Waals surface area contributed by atoms with E-state index in [2.05, 4.69) is 10.2 Å². The molecule has 0 atom stereocenters. The highest BCUT2D eigenvalue weighted by atomic mass is 16.7. The zero-order chi connectivity index (χ0) is 9.56. The van der Waals surface area contributed by atoms with Crippen molar-refractivity contribution in [1.82, 2.24) is 5.43 Å². The van der Waals surface area contributed by atoms with Gasteiger partial charge >= 0.3 is 5.97 Å². The van der Waals surface area contributed by atoms with E-state index in [1.165, 1.54) is 0 Å². The van der Waals surface area contributed by atoms with Crippen molar-refractivity contribution in [2.24, 2.45) is 15.9 Å². The van der Waals surface area contributed by atoms with Crippen LogP contribution in [0.1, 0.15) is 0 Å². The lowest BCUT2D eigenvalue weighted by Gasteiger charge is -1.90. The number of nitrogens with zero attached hydrogens (tertiary/aromatic N) is 3. The molecule has 66 valence electrons. The van der Waals surface area contributed by atoms with Crippen LogP contribution in [0.2, 0.25) is 0 Å². The molecule has 0 heterocycles. The van der Waals surface area contributed by atoms with Crippen LogP contribution in [-0.2, 0) is 4.79 Å². The van der Waals surface area contributed by atoms with Crippen molar-refractivity contribution >= 4 is 18.1 Å². The molecule has 0 aliphatic heterocycles. The van der Waals surface area contributed by atoms with Gasteiger partial charge in [-0.2, -0.15) is 5.10 Å². The predicted octanol–water partition coefficient (Wildman–Crippen LogP) is -1.85. The molecule has 0 saturated carbocycles. The van der Waals surface area contributed by atoms with Crippen molar-refractivity contribution in [3.63, 3.8) is 0 Å². The van der Waals surface area contributed by atoms with Crippen LogP contribution in [0.3, 0.4) is 0 Å². The van der Waals surface area contributed by atoms with Crippen LogP contribution in [-0.4, -0.2) is 28.3 Å². The van der Waals surface area contributed by atoms with Crippen molar-refractivity contribution < 1.29 is 14.9 Å². The van der Waals surface area contributed by atoms with Crippen LogP contribution >= 0.6 is 0 Å². The number of carboxylic acids is 1. The van der Waals surface area contributed by atoms with E-state index in [1.807, 2.05) is 5.43 Å². The Morgan fingerprint density at radius 1 is 1.75 bits per heavy atom. The second kappa shape index (κ2) is 4.60. The van der Waals surface area contributed by atoms with E-state index >= 15 is 0 Å². The Kier molecular flexibility index (Phi) is 3.76. The van der Waals surface area contributed by atoms with Crippen molar-refractivity contribution in [2.75, 3.05) is 0 Å². The smallest absolute Gasteiger partial charge is 0.348 e. The highest BCUT2D eigenvalue weighted by molar-refractivity contribution is 6.22. The molecule has 4 N–H and O–H groups in total. The average molecular weight is 175 g/mol. The molecule has 0 aromatic carbocycles. The molecule has 0 unspecified atom stereocenters. The first-order chi connectivity index (χ1) is 5.52. The van der Waals surface area contributed by atoms with E-state index in [4.69, 9.17) is 10.8 Å². The van der Waals surface area contributed by atoms with Gasteiger partial charge in [0.2, 0.25) is 0 Å². The van der Waals surface area contributed by atoms with Crippen molar-refractivity contribution in [3.8, 4) is 0 Å². The Morgan fingerprint density at radius 2 is 2.33 bits per heavy atom. The summed E-state index contributed by atoms with van der Waals surface area (Å²) in [7, 11) is 0. The third kappa shape index (κ3) is 5.94. The molecule has 12 heavy (non-hydrogen) atoms. The molecule has 0 aliphatic rings. The molecule has 0 spiro atoms. The highest BCUT2D eigenvalue weighted by Gasteiger charge is 1.95. The summed E-state index contributed by atoms with van der Waals surface area (Å²) in [5.41, 5.74) is 6.67. The monoisotopic (exact) mass is 175 g/mol. The lowest BCUT2D eigenvalue weighted by atomic mass is 10.8. The largest absolute Gasteiger partial charge is 0.477 e. The summed E-state index contributed by atoms with van der Waals surface area (Å²) in [6, 6.07) is 0. The fraction of sp³-hybridized carbons (Fsp3) is 0. The second-order valence-corrected chi connectivity index (χ2v) is 1.43. The molecule has 0 aromatic rings. The van der Waals surface area contributed by atoms with Crippen molar-refractivity contribution in [1.29, 1.82) is 0 Å². The summed E-state index contributed by atoms with van der Waals surface area (Å²) in [5, 5.41) is 22.2. The van der Waals surface area contributed by atoms with Crippen LogP contribution in [0.4, 0.5) is 0 Å². The third-order valence-electron chi connectivity index (χ3n) is 0.543. The van der Waals surface area contributed by atoms with Crippen LogP contribution in [0.15, 0.2) is 10.2 Å². The zero-order valence-electron chi connectivity index (χ0n) is 5.67. The Balaban J connectivity index is 3.94. The number of aliphatic carboxylic acids is 1. The zero-order valence-corrected chi connectivity index (χ0v) is 5.67. The van der Waals surface area contributed by atoms with Gasteiger partial charge in [0.25, 0.3) is 5.96 Å². The van der Waals surface area contributed by atoms with Crippen LogP contribution in [0.25, 0.3) is 0 Å². The topological polar surface area (TPSA) is 143 Å². The number of hydrogen-bond acceptors (Lipinski definition) is 4. The Morgan fingerprint density at radius 3 is 2.75 bits per heavy atom. The maximum absolute atomic E-state index is 9.80. The van der Waals surface area contributed by atoms with Gasteiger partial charge in [0.15, 0.2) is 5.03 Å². The predicted molar refractivity (Wildman–Crippen MR) is 37.9 cm³/mol. The first-order valence-corrected chi connectivity index (χ1v) is 2.53. The number of nitrogens with one attached hydrogen (secondary N) is 1. The maximum Gasteiger partial charge on any atom is 0.348 e. The molecule has 0 saturated heterocycles. The van der Waals surface area contributed by atoms with Crippen molar-refractivity contribution in [2.45, 2.75) is 0 Å². The fourth-order valence-corrected chi connectivity index (χ4v) is 0.264. The minimum atomic E-state index is -1.31. The summed E-state index contributed by atoms with van der Waals surface area (Å²) < 4.78 is 0. The van der Waals surface area contributed by atoms with E-state index in [-0.39, 0.29) is 0 Å². The lowest BCUT2D eigenvalue weighted by Crippen LogP contribution is -2.28. The van der Waals surface area contributed by atoms with Crippen LogP contribution < -0.4 is 11.2 Å². The molecule has 0 amide bonds. The summed E-state index contributed by atoms with van der Waals surface area (Å²) in [6.07, 6.45) is 0.475. The van der Waals surface area contributed by atoms with Gasteiger partial charge in [-0.25, -0.2) is 20.3 Å². The number of hydrazone groups is 2. The van der Waals surface area contributed by atoms with Gasteiger partial charge in [0.05, 0.1) is 0 Å². The van der Waals surface area contributed by atoms with Gasteiger partial charge in [0.1, 0.15) is 11.3 Å². The van der Waals surface area contributed by atoms with Gasteiger partial charge in [-0.05, 0) is 0 Å². The Bertz CT molecular complexity index is 245. The molecule has 0 radical (unpaired) electrons. The number of carboxylic acid groups (broad SMARTS) is 1. The summed E-state index contributed by atoms with van der Waals surface area (Å²) in [5.74, 6) is -1.91. The van der Waals surface area contributed by atoms with Crippen molar-refractivity contribution in [3.05, 3.63) is 10.1 Å². The van der Waals surface area contributed by atoms with Gasteiger partial charge in [-0.1, -0.05) is 0 Å². The number of rotatable bonds is 3. The van der Waals surface area contributed by atoms with E-state index < -0.39 is 17.0 Å². The lowest BCUT2D eigenvalue weighted by molar-refractivity contribution is -0.485. The molecule has 9 heteroatoms. The van der Waals surface area contributed by atoms with Crippen LogP contribution in [0, 0.1) is 10.1 Å². The minimum absolute atomic E-state index is 0.475. The standard InChI is InChI=1S/C3H5N5O4/c4-3(7-8(11)12)6-5-1-2(9)10/h1H,(H,9,10)(H3,4,6,7)/b5-1+. The second-order valence-electron chi connectivity index (χ2n) is 1.43. The molecule has 0 aromatic heterocycles. The summed E-state index contributed by atoms with van der Waals surface area (Å²) in [6.45, 7) is 0. The molecule has 0 aliphatic carbocycles. The fourth-order valence-electron chi connectivity index (χ4n) is 0.264. The summed E-state index contributed by atoms with van der Waals surface area (Å²) in [4.78, 5) is 19.4. The average Bonchev–Trinajstić information content (AvgIpc) is 1.84. The number of nitrogens with two attached hydrogens (primary N) is 1. The summed E-state index contributed by atoms with van der Waals surface area (Å²) >= 11 is 0. The van der Waals surface area contributed by atoms with E-state index in [0.717, 1.165) is 0 Å². The number of hydrogen-bond donors (Lipinski definition) is 3. The van der Waals surface area contributed by atoms with Gasteiger partial charge in [-0.3, -0.25) is 0 Å². The number of carbonyl (C=O) groups is 1. The third-order valence-corrected chi connectivity index (χ3v) is 0.543. The molecular weight excluding hydrogens is 170 g/mol. The van der Waals surface area contributed by atoms with E-state index in [9.17, 15) is 14.9 Å². The highest BCUT2D eigenvalue weighted by Crippen LogP contribution is 1.68. The number of nitro groups is 1. The SMILES string of the molecule is N/C(=N\[N+](=O)[O-])N/N=C/C(=O)O. The number of guanidine groups is 1. The molecule has 0 rings (SSSR count). The maximum atomic E-state index is 9.80. The van der Waals surface area contributed by atoms with Gasteiger partial charge in [-0.15, -0.1) is 0 Å². The Hall–Kier alpha value is -2.19. The first kappa shape index (κ1) is 9.81.